The number of hydrogen-bond donors (Lipinski definition) is 1. The Morgan fingerprint density at radius 3 is 2.73 bits per heavy atom. The van der Waals surface area contributed by atoms with Crippen molar-refractivity contribution >= 4 is 23.4 Å². The number of amides is 3. The van der Waals surface area contributed by atoms with Gasteiger partial charge in [0.25, 0.3) is 17.7 Å². The van der Waals surface area contributed by atoms with Gasteiger partial charge in [0.05, 0.1) is 23.8 Å². The fraction of sp³-hybridized carbons (Fsp3) is 0.348. The topological polar surface area (TPSA) is 84.9 Å². The molecule has 0 aromatic heterocycles. The Hall–Kier alpha value is -3.19. The van der Waals surface area contributed by atoms with Gasteiger partial charge in [-0.15, -0.1) is 0 Å². The molecule has 2 aliphatic rings. The van der Waals surface area contributed by atoms with E-state index in [-0.39, 0.29) is 30.4 Å². The highest BCUT2D eigenvalue weighted by atomic mass is 16.5. The van der Waals surface area contributed by atoms with Gasteiger partial charge in [-0.2, -0.15) is 0 Å². The smallest absolute Gasteiger partial charge is 0.265 e. The van der Waals surface area contributed by atoms with Gasteiger partial charge < -0.3 is 14.8 Å². The molecule has 0 spiro atoms. The highest BCUT2D eigenvalue weighted by Gasteiger charge is 2.37. The molecular weight excluding hydrogens is 384 g/mol. The van der Waals surface area contributed by atoms with Crippen molar-refractivity contribution in [2.24, 2.45) is 0 Å². The van der Waals surface area contributed by atoms with E-state index < -0.39 is 6.10 Å². The standard InChI is InChI=1S/C23H24N2O5/c1-14-5-3-6-17(11-14)30-15(2)21(26)24-16-8-9-19-20(12-16)23(28)25(22(19)27)13-18-7-4-10-29-18/h3,5-6,8-9,11-12,15,18H,4,7,10,13H2,1-2H3,(H,24,26). The van der Waals surface area contributed by atoms with Crippen LogP contribution in [0.2, 0.25) is 0 Å². The quantitative estimate of drug-likeness (QED) is 0.742. The van der Waals surface area contributed by atoms with E-state index in [1.54, 1.807) is 31.2 Å². The van der Waals surface area contributed by atoms with E-state index in [0.717, 1.165) is 18.4 Å². The number of aryl methyl sites for hydroxylation is 1. The molecule has 2 aromatic carbocycles. The molecule has 2 unspecified atom stereocenters. The van der Waals surface area contributed by atoms with Gasteiger partial charge in [-0.3, -0.25) is 19.3 Å². The molecule has 2 aliphatic heterocycles. The van der Waals surface area contributed by atoms with E-state index in [9.17, 15) is 14.4 Å². The number of hydrogen-bond acceptors (Lipinski definition) is 5. The number of ether oxygens (including phenoxy) is 2. The average molecular weight is 408 g/mol. The minimum absolute atomic E-state index is 0.106. The van der Waals surface area contributed by atoms with Crippen LogP contribution in [0.25, 0.3) is 0 Å². The molecule has 1 fully saturated rings. The van der Waals surface area contributed by atoms with Crippen LogP contribution in [0, 0.1) is 6.92 Å². The molecule has 7 nitrogen and oxygen atoms in total. The van der Waals surface area contributed by atoms with Gasteiger partial charge in [-0.05, 0) is 62.6 Å². The molecule has 4 rings (SSSR count). The number of nitrogens with zero attached hydrogens (tertiary/aromatic N) is 1. The van der Waals surface area contributed by atoms with Crippen LogP contribution in [0.5, 0.6) is 5.75 Å². The lowest BCUT2D eigenvalue weighted by Gasteiger charge is -2.17. The molecule has 2 heterocycles. The molecule has 2 atom stereocenters. The molecule has 0 aliphatic carbocycles. The summed E-state index contributed by atoms with van der Waals surface area (Å²) in [5.74, 6) is -0.410. The Morgan fingerprint density at radius 2 is 2.00 bits per heavy atom. The van der Waals surface area contributed by atoms with E-state index in [1.807, 2.05) is 25.1 Å². The monoisotopic (exact) mass is 408 g/mol. The predicted octanol–water partition coefficient (Wildman–Crippen LogP) is 3.18. The fourth-order valence-corrected chi connectivity index (χ4v) is 3.72. The van der Waals surface area contributed by atoms with Gasteiger partial charge in [0, 0.05) is 12.3 Å². The minimum atomic E-state index is -0.728. The molecule has 30 heavy (non-hydrogen) atoms. The number of anilines is 1. The zero-order valence-corrected chi connectivity index (χ0v) is 17.0. The van der Waals surface area contributed by atoms with Crippen LogP contribution in [0.1, 0.15) is 46.0 Å². The van der Waals surface area contributed by atoms with Crippen molar-refractivity contribution in [2.75, 3.05) is 18.5 Å². The van der Waals surface area contributed by atoms with Crippen molar-refractivity contribution in [2.45, 2.75) is 38.9 Å². The van der Waals surface area contributed by atoms with Gasteiger partial charge in [-0.1, -0.05) is 12.1 Å². The number of carbonyl (C=O) groups is 3. The SMILES string of the molecule is Cc1cccc(OC(C)C(=O)Nc2ccc3c(c2)C(=O)N(CC2CCCO2)C3=O)c1. The highest BCUT2D eigenvalue weighted by Crippen LogP contribution is 2.27. The second-order valence-corrected chi connectivity index (χ2v) is 7.68. The number of benzene rings is 2. The Bertz CT molecular complexity index is 997. The predicted molar refractivity (Wildman–Crippen MR) is 111 cm³/mol. The summed E-state index contributed by atoms with van der Waals surface area (Å²) < 4.78 is 11.2. The zero-order valence-electron chi connectivity index (χ0n) is 17.0. The lowest BCUT2D eigenvalue weighted by molar-refractivity contribution is -0.122. The summed E-state index contributed by atoms with van der Waals surface area (Å²) in [5.41, 5.74) is 2.12. The highest BCUT2D eigenvalue weighted by molar-refractivity contribution is 6.22. The largest absolute Gasteiger partial charge is 0.481 e. The number of nitrogens with one attached hydrogen (secondary N) is 1. The summed E-state index contributed by atoms with van der Waals surface area (Å²) >= 11 is 0. The normalized spacial score (nSPS) is 19.0. The maximum absolute atomic E-state index is 12.8. The second kappa shape index (κ2) is 8.28. The van der Waals surface area contributed by atoms with E-state index in [4.69, 9.17) is 9.47 Å². The summed E-state index contributed by atoms with van der Waals surface area (Å²) in [4.78, 5) is 39.1. The van der Waals surface area contributed by atoms with Gasteiger partial charge in [-0.25, -0.2) is 0 Å². The van der Waals surface area contributed by atoms with Crippen molar-refractivity contribution in [3.05, 3.63) is 59.2 Å². The molecule has 1 saturated heterocycles. The summed E-state index contributed by atoms with van der Waals surface area (Å²) in [6.07, 6.45) is 0.944. The summed E-state index contributed by atoms with van der Waals surface area (Å²) in [5, 5.41) is 2.76. The second-order valence-electron chi connectivity index (χ2n) is 7.68. The van der Waals surface area contributed by atoms with E-state index in [1.165, 1.54) is 4.90 Å². The van der Waals surface area contributed by atoms with Crippen LogP contribution in [0.4, 0.5) is 5.69 Å². The van der Waals surface area contributed by atoms with Crippen molar-refractivity contribution in [1.29, 1.82) is 0 Å². The number of rotatable bonds is 6. The first-order valence-corrected chi connectivity index (χ1v) is 10.1. The third-order valence-electron chi connectivity index (χ3n) is 5.32. The van der Waals surface area contributed by atoms with Crippen molar-refractivity contribution < 1.29 is 23.9 Å². The zero-order chi connectivity index (χ0) is 21.3. The van der Waals surface area contributed by atoms with Gasteiger partial charge in [0.2, 0.25) is 0 Å². The van der Waals surface area contributed by atoms with E-state index in [0.29, 0.717) is 29.2 Å². The number of fused-ring (bicyclic) bond motifs is 1. The van der Waals surface area contributed by atoms with Gasteiger partial charge in [0.1, 0.15) is 5.75 Å². The number of imide groups is 1. The van der Waals surface area contributed by atoms with Crippen LogP contribution in [0.3, 0.4) is 0 Å². The molecule has 3 amide bonds. The first kappa shape index (κ1) is 20.1. The van der Waals surface area contributed by atoms with Crippen LogP contribution in [-0.4, -0.2) is 48.0 Å². The Labute approximate surface area is 175 Å². The molecule has 2 aromatic rings. The Balaban J connectivity index is 1.43. The summed E-state index contributed by atoms with van der Waals surface area (Å²) in [6.45, 7) is 4.52. The first-order valence-electron chi connectivity index (χ1n) is 10.1. The average Bonchev–Trinajstić information content (AvgIpc) is 3.31. The van der Waals surface area contributed by atoms with Gasteiger partial charge >= 0.3 is 0 Å². The van der Waals surface area contributed by atoms with Crippen LogP contribution < -0.4 is 10.1 Å². The minimum Gasteiger partial charge on any atom is -0.481 e. The Kier molecular flexibility index (Phi) is 5.55. The summed E-state index contributed by atoms with van der Waals surface area (Å²) in [6, 6.07) is 12.2. The first-order chi connectivity index (χ1) is 14.4. The van der Waals surface area contributed by atoms with Gasteiger partial charge in [0.15, 0.2) is 6.10 Å². The fourth-order valence-electron chi connectivity index (χ4n) is 3.72. The van der Waals surface area contributed by atoms with Crippen LogP contribution >= 0.6 is 0 Å². The third-order valence-corrected chi connectivity index (χ3v) is 5.32. The molecule has 0 radical (unpaired) electrons. The van der Waals surface area contributed by atoms with Crippen molar-refractivity contribution in [1.82, 2.24) is 4.90 Å². The molecule has 0 saturated carbocycles. The molecule has 1 N–H and O–H groups in total. The maximum atomic E-state index is 12.8. The lowest BCUT2D eigenvalue weighted by Crippen LogP contribution is -2.36. The van der Waals surface area contributed by atoms with E-state index in [2.05, 4.69) is 5.32 Å². The van der Waals surface area contributed by atoms with Crippen LogP contribution in [0.15, 0.2) is 42.5 Å². The lowest BCUT2D eigenvalue weighted by atomic mass is 10.1. The van der Waals surface area contributed by atoms with Crippen molar-refractivity contribution in [3.8, 4) is 5.75 Å². The number of carbonyl (C=O) groups excluding carboxylic acids is 3. The molecular formula is C23H24N2O5. The third kappa shape index (κ3) is 4.07. The van der Waals surface area contributed by atoms with E-state index >= 15 is 0 Å². The molecule has 7 heteroatoms. The maximum Gasteiger partial charge on any atom is 0.265 e. The molecule has 156 valence electrons. The molecule has 0 bridgehead atoms. The summed E-state index contributed by atoms with van der Waals surface area (Å²) in [7, 11) is 0. The van der Waals surface area contributed by atoms with Crippen LogP contribution in [-0.2, 0) is 9.53 Å². The van der Waals surface area contributed by atoms with Crippen molar-refractivity contribution in [3.63, 3.8) is 0 Å². The Morgan fingerprint density at radius 1 is 1.20 bits per heavy atom.